The molecule has 0 saturated carbocycles. The lowest BCUT2D eigenvalue weighted by Gasteiger charge is -2.25. The lowest BCUT2D eigenvalue weighted by atomic mass is 9.85. The highest BCUT2D eigenvalue weighted by atomic mass is 16.5. The van der Waals surface area contributed by atoms with Crippen molar-refractivity contribution in [3.8, 4) is 0 Å². The number of rotatable bonds is 4. The van der Waals surface area contributed by atoms with Gasteiger partial charge in [-0.05, 0) is 5.41 Å². The number of nitrogens with two attached hydrogens (primary N) is 1. The highest BCUT2D eigenvalue weighted by molar-refractivity contribution is 5.88. The SMILES string of the molecule is CC(C)(C)[C@H](N)C(=O)COC(=O)[C@@H]1C[C@@H](O)CN1. The molecule has 104 valence electrons. The summed E-state index contributed by atoms with van der Waals surface area (Å²) >= 11 is 0. The van der Waals surface area contributed by atoms with Crippen molar-refractivity contribution in [1.82, 2.24) is 5.32 Å². The van der Waals surface area contributed by atoms with E-state index in [0.29, 0.717) is 13.0 Å². The molecular formula is C12H22N2O4. The van der Waals surface area contributed by atoms with E-state index >= 15 is 0 Å². The van der Waals surface area contributed by atoms with E-state index in [2.05, 4.69) is 5.32 Å². The predicted octanol–water partition coefficient (Wildman–Crippen LogP) is -0.805. The van der Waals surface area contributed by atoms with Gasteiger partial charge in [-0.1, -0.05) is 20.8 Å². The largest absolute Gasteiger partial charge is 0.456 e. The second-order valence-corrected chi connectivity index (χ2v) is 5.77. The third-order valence-electron chi connectivity index (χ3n) is 3.03. The van der Waals surface area contributed by atoms with Crippen molar-refractivity contribution in [3.05, 3.63) is 0 Å². The molecule has 0 aliphatic carbocycles. The minimum Gasteiger partial charge on any atom is -0.456 e. The zero-order valence-corrected chi connectivity index (χ0v) is 11.1. The fourth-order valence-corrected chi connectivity index (χ4v) is 1.71. The maximum Gasteiger partial charge on any atom is 0.323 e. The lowest BCUT2D eigenvalue weighted by molar-refractivity contribution is -0.150. The highest BCUT2D eigenvalue weighted by Gasteiger charge is 2.31. The number of hydrogen-bond donors (Lipinski definition) is 3. The Balaban J connectivity index is 2.37. The highest BCUT2D eigenvalue weighted by Crippen LogP contribution is 2.18. The Morgan fingerprint density at radius 3 is 2.56 bits per heavy atom. The maximum atomic E-state index is 11.7. The summed E-state index contributed by atoms with van der Waals surface area (Å²) in [5.41, 5.74) is 5.40. The Bertz CT molecular complexity index is 325. The van der Waals surface area contributed by atoms with E-state index in [0.717, 1.165) is 0 Å². The van der Waals surface area contributed by atoms with Crippen LogP contribution in [0.1, 0.15) is 27.2 Å². The number of esters is 1. The first-order valence-electron chi connectivity index (χ1n) is 6.08. The number of aliphatic hydroxyl groups is 1. The van der Waals surface area contributed by atoms with Crippen molar-refractivity contribution in [3.63, 3.8) is 0 Å². The van der Waals surface area contributed by atoms with Crippen molar-refractivity contribution in [2.24, 2.45) is 11.1 Å². The Morgan fingerprint density at radius 1 is 1.50 bits per heavy atom. The molecular weight excluding hydrogens is 236 g/mol. The molecule has 3 atom stereocenters. The number of carbonyl (C=O) groups is 2. The van der Waals surface area contributed by atoms with E-state index < -0.39 is 24.2 Å². The molecule has 1 aliphatic heterocycles. The number of ether oxygens (including phenoxy) is 1. The Labute approximate surface area is 107 Å². The summed E-state index contributed by atoms with van der Waals surface area (Å²) in [6.07, 6.45) is -0.215. The molecule has 1 heterocycles. The molecule has 0 aromatic rings. The van der Waals surface area contributed by atoms with E-state index in [4.69, 9.17) is 10.5 Å². The third kappa shape index (κ3) is 4.04. The van der Waals surface area contributed by atoms with E-state index in [-0.39, 0.29) is 17.8 Å². The predicted molar refractivity (Wildman–Crippen MR) is 65.8 cm³/mol. The summed E-state index contributed by atoms with van der Waals surface area (Å²) in [5, 5.41) is 12.1. The average Bonchev–Trinajstić information content (AvgIpc) is 2.70. The van der Waals surface area contributed by atoms with Gasteiger partial charge in [-0.2, -0.15) is 0 Å². The number of hydrogen-bond acceptors (Lipinski definition) is 6. The van der Waals surface area contributed by atoms with E-state index in [1.807, 2.05) is 20.8 Å². The van der Waals surface area contributed by atoms with Gasteiger partial charge in [0.25, 0.3) is 0 Å². The fraction of sp³-hybridized carbons (Fsp3) is 0.833. The van der Waals surface area contributed by atoms with Gasteiger partial charge in [0.2, 0.25) is 0 Å². The molecule has 1 rings (SSSR count). The molecule has 6 heteroatoms. The molecule has 0 aromatic heterocycles. The molecule has 0 amide bonds. The van der Waals surface area contributed by atoms with Gasteiger partial charge in [0.05, 0.1) is 12.1 Å². The Kier molecular flexibility index (Phi) is 4.84. The standard InChI is InChI=1S/C12H22N2O4/c1-12(2,3)10(13)9(16)6-18-11(17)8-4-7(15)5-14-8/h7-8,10,14-15H,4-6,13H2,1-3H3/t7-,8+,10-/m1/s1. The smallest absolute Gasteiger partial charge is 0.323 e. The van der Waals surface area contributed by atoms with Crippen molar-refractivity contribution in [2.45, 2.75) is 45.4 Å². The molecule has 0 radical (unpaired) electrons. The fourth-order valence-electron chi connectivity index (χ4n) is 1.71. The number of carbonyl (C=O) groups excluding carboxylic acids is 2. The molecule has 0 bridgehead atoms. The zero-order chi connectivity index (χ0) is 13.9. The first-order chi connectivity index (χ1) is 8.21. The molecule has 0 aromatic carbocycles. The van der Waals surface area contributed by atoms with Gasteiger partial charge >= 0.3 is 5.97 Å². The average molecular weight is 258 g/mol. The van der Waals surface area contributed by atoms with Gasteiger partial charge in [0.15, 0.2) is 12.4 Å². The summed E-state index contributed by atoms with van der Waals surface area (Å²) in [6.45, 7) is 5.62. The van der Waals surface area contributed by atoms with Crippen LogP contribution in [0.3, 0.4) is 0 Å². The summed E-state index contributed by atoms with van der Waals surface area (Å²) in [5.74, 6) is -0.810. The van der Waals surface area contributed by atoms with E-state index in [1.54, 1.807) is 0 Å². The number of Topliss-reactive ketones (excluding diaryl/α,β-unsaturated/α-hetero) is 1. The van der Waals surface area contributed by atoms with Gasteiger partial charge in [0, 0.05) is 13.0 Å². The monoisotopic (exact) mass is 258 g/mol. The molecule has 4 N–H and O–H groups in total. The van der Waals surface area contributed by atoms with Gasteiger partial charge in [0.1, 0.15) is 6.04 Å². The first kappa shape index (κ1) is 15.1. The van der Waals surface area contributed by atoms with Crippen LogP contribution in [0, 0.1) is 5.41 Å². The van der Waals surface area contributed by atoms with Crippen LogP contribution in [-0.2, 0) is 14.3 Å². The molecule has 1 saturated heterocycles. The summed E-state index contributed by atoms with van der Waals surface area (Å²) in [7, 11) is 0. The molecule has 18 heavy (non-hydrogen) atoms. The zero-order valence-electron chi connectivity index (χ0n) is 11.1. The molecule has 0 spiro atoms. The topological polar surface area (TPSA) is 102 Å². The van der Waals surface area contributed by atoms with Crippen LogP contribution in [0.2, 0.25) is 0 Å². The van der Waals surface area contributed by atoms with Crippen molar-refractivity contribution in [1.29, 1.82) is 0 Å². The molecule has 6 nitrogen and oxygen atoms in total. The maximum absolute atomic E-state index is 11.7. The number of ketones is 1. The second kappa shape index (κ2) is 5.77. The van der Waals surface area contributed by atoms with Gasteiger partial charge in [-0.15, -0.1) is 0 Å². The Hall–Kier alpha value is -0.980. The number of nitrogens with one attached hydrogen (secondary N) is 1. The van der Waals surface area contributed by atoms with Crippen molar-refractivity contribution < 1.29 is 19.4 Å². The normalized spacial score (nSPS) is 25.8. The summed E-state index contributed by atoms with van der Waals surface area (Å²) in [4.78, 5) is 23.3. The van der Waals surface area contributed by atoms with Crippen LogP contribution in [0.15, 0.2) is 0 Å². The lowest BCUT2D eigenvalue weighted by Crippen LogP contribution is -2.45. The van der Waals surface area contributed by atoms with Crippen molar-refractivity contribution in [2.75, 3.05) is 13.2 Å². The van der Waals surface area contributed by atoms with Crippen LogP contribution >= 0.6 is 0 Å². The van der Waals surface area contributed by atoms with Crippen LogP contribution in [0.25, 0.3) is 0 Å². The third-order valence-corrected chi connectivity index (χ3v) is 3.03. The minimum atomic E-state index is -0.660. The minimum absolute atomic E-state index is 0.297. The van der Waals surface area contributed by atoms with E-state index in [1.165, 1.54) is 0 Å². The van der Waals surface area contributed by atoms with Crippen LogP contribution in [0.4, 0.5) is 0 Å². The van der Waals surface area contributed by atoms with Gasteiger partial charge in [-0.3, -0.25) is 9.59 Å². The van der Waals surface area contributed by atoms with Crippen molar-refractivity contribution >= 4 is 11.8 Å². The molecule has 1 aliphatic rings. The second-order valence-electron chi connectivity index (χ2n) is 5.77. The summed E-state index contributed by atoms with van der Waals surface area (Å²) < 4.78 is 4.91. The van der Waals surface area contributed by atoms with Crippen LogP contribution < -0.4 is 11.1 Å². The quantitative estimate of drug-likeness (QED) is 0.570. The molecule has 1 fully saturated rings. The van der Waals surface area contributed by atoms with Crippen LogP contribution in [0.5, 0.6) is 0 Å². The van der Waals surface area contributed by atoms with Gasteiger partial charge < -0.3 is 20.9 Å². The Morgan fingerprint density at radius 2 is 2.11 bits per heavy atom. The first-order valence-corrected chi connectivity index (χ1v) is 6.08. The number of β-amino-alcohol motifs (C(OH)–C–C–N with tert-alkyl or cyclic N) is 1. The number of aliphatic hydroxyl groups excluding tert-OH is 1. The summed E-state index contributed by atoms with van der Waals surface area (Å²) in [6, 6.07) is -1.19. The van der Waals surface area contributed by atoms with E-state index in [9.17, 15) is 14.7 Å². The van der Waals surface area contributed by atoms with Gasteiger partial charge in [-0.25, -0.2) is 0 Å². The van der Waals surface area contributed by atoms with Crippen LogP contribution in [-0.4, -0.2) is 48.2 Å². The molecule has 0 unspecified atom stereocenters.